The number of aromatic amines is 1. The Labute approximate surface area is 144 Å². The van der Waals surface area contributed by atoms with Crippen LogP contribution in [-0.4, -0.2) is 42.5 Å². The second kappa shape index (κ2) is 6.99. The topological polar surface area (TPSA) is 108 Å². The summed E-state index contributed by atoms with van der Waals surface area (Å²) < 4.78 is 28.0. The van der Waals surface area contributed by atoms with Crippen LogP contribution < -0.4 is 15.2 Å². The number of aromatic nitrogens is 3. The van der Waals surface area contributed by atoms with Crippen LogP contribution in [0, 0.1) is 0 Å². The number of nitrogens with one attached hydrogen (secondary N) is 2. The predicted octanol–water partition coefficient (Wildman–Crippen LogP) is 0.736. The maximum Gasteiger partial charge on any atom is 0.290 e. The van der Waals surface area contributed by atoms with Gasteiger partial charge in [-0.05, 0) is 19.3 Å². The van der Waals surface area contributed by atoms with E-state index in [1.165, 1.54) is 29.9 Å². The van der Waals surface area contributed by atoms with E-state index < -0.39 is 10.0 Å². The molecule has 0 amide bonds. The predicted molar refractivity (Wildman–Crippen MR) is 91.9 cm³/mol. The summed E-state index contributed by atoms with van der Waals surface area (Å²) in [5, 5.41) is 0.792. The van der Waals surface area contributed by atoms with Gasteiger partial charge in [0.05, 0.1) is 11.2 Å². The van der Waals surface area contributed by atoms with Crippen LogP contribution in [0.1, 0.15) is 24.8 Å². The zero-order chi connectivity index (χ0) is 17.2. The summed E-state index contributed by atoms with van der Waals surface area (Å²) in [7, 11) is -3.59. The molecule has 0 aliphatic carbocycles. The monoisotopic (exact) mass is 369 g/mol. The fraction of sp³-hybridized carbons (Fsp3) is 0.500. The van der Waals surface area contributed by atoms with E-state index in [0.29, 0.717) is 25.3 Å². The quantitative estimate of drug-likeness (QED) is 0.805. The Bertz CT molecular complexity index is 861. The molecule has 2 aromatic heterocycles. The van der Waals surface area contributed by atoms with Crippen LogP contribution in [0.4, 0.5) is 5.82 Å². The minimum atomic E-state index is -3.59. The molecule has 24 heavy (non-hydrogen) atoms. The minimum absolute atomic E-state index is 0.229. The Morgan fingerprint density at radius 1 is 1.46 bits per heavy atom. The fourth-order valence-electron chi connectivity index (χ4n) is 2.69. The van der Waals surface area contributed by atoms with Crippen molar-refractivity contribution in [3.63, 3.8) is 0 Å². The van der Waals surface area contributed by atoms with Gasteiger partial charge < -0.3 is 9.88 Å². The second-order valence-corrected chi connectivity index (χ2v) is 8.63. The second-order valence-electron chi connectivity index (χ2n) is 5.57. The van der Waals surface area contributed by atoms with E-state index in [4.69, 9.17) is 0 Å². The maximum absolute atomic E-state index is 12.5. The van der Waals surface area contributed by atoms with E-state index >= 15 is 0 Å². The number of rotatable bonds is 5. The molecule has 8 nitrogen and oxygen atoms in total. The van der Waals surface area contributed by atoms with Crippen molar-refractivity contribution in [3.05, 3.63) is 34.0 Å². The fourth-order valence-corrected chi connectivity index (χ4v) is 5.09. The van der Waals surface area contributed by atoms with Gasteiger partial charge in [0, 0.05) is 31.5 Å². The Hall–Kier alpha value is -1.78. The number of nitrogens with zero attached hydrogens (tertiary/aromatic N) is 3. The van der Waals surface area contributed by atoms with Gasteiger partial charge in [0.1, 0.15) is 0 Å². The van der Waals surface area contributed by atoms with Crippen LogP contribution in [0.5, 0.6) is 0 Å². The van der Waals surface area contributed by atoms with Gasteiger partial charge in [0.15, 0.2) is 10.0 Å². The van der Waals surface area contributed by atoms with Crippen molar-refractivity contribution in [3.8, 4) is 0 Å². The van der Waals surface area contributed by atoms with E-state index in [1.54, 1.807) is 0 Å². The molecule has 0 aromatic carbocycles. The van der Waals surface area contributed by atoms with E-state index in [9.17, 15) is 13.2 Å². The number of thiazole rings is 1. The lowest BCUT2D eigenvalue weighted by atomic mass is 10.1. The molecule has 1 unspecified atom stereocenters. The molecule has 0 radical (unpaired) electrons. The minimum Gasteiger partial charge on any atom is -0.350 e. The number of H-pyrrole nitrogens is 1. The first-order chi connectivity index (χ1) is 11.5. The molecular formula is C14H19N5O3S2. The van der Waals surface area contributed by atoms with Gasteiger partial charge in [-0.3, -0.25) is 4.79 Å². The SMILES string of the molecule is CCc1ncc(S(=O)(=O)NC2CCCN(c3ncc[nH]c3=O)C2)s1. The molecule has 0 spiro atoms. The Morgan fingerprint density at radius 2 is 2.29 bits per heavy atom. The Kier molecular flexibility index (Phi) is 4.97. The highest BCUT2D eigenvalue weighted by Crippen LogP contribution is 2.21. The summed E-state index contributed by atoms with van der Waals surface area (Å²) in [6.07, 6.45) is 6.61. The standard InChI is InChI=1S/C14H19N5O3S2/c1-2-11-17-8-12(23-11)24(21,22)18-10-4-3-7-19(9-10)13-14(20)16-6-5-15-13/h5-6,8,10,18H,2-4,7,9H2,1H3,(H,16,20). The highest BCUT2D eigenvalue weighted by Gasteiger charge is 2.27. The van der Waals surface area contributed by atoms with Crippen molar-refractivity contribution in [1.29, 1.82) is 0 Å². The van der Waals surface area contributed by atoms with Crippen LogP contribution >= 0.6 is 11.3 Å². The van der Waals surface area contributed by atoms with E-state index in [0.717, 1.165) is 17.8 Å². The third kappa shape index (κ3) is 3.65. The van der Waals surface area contributed by atoms with Gasteiger partial charge >= 0.3 is 0 Å². The van der Waals surface area contributed by atoms with Gasteiger partial charge in [0.2, 0.25) is 0 Å². The number of hydrogen-bond acceptors (Lipinski definition) is 7. The number of piperidine rings is 1. The van der Waals surface area contributed by atoms with Gasteiger partial charge in [-0.1, -0.05) is 6.92 Å². The summed E-state index contributed by atoms with van der Waals surface area (Å²) in [5.74, 6) is 0.326. The van der Waals surface area contributed by atoms with Crippen LogP contribution in [0.3, 0.4) is 0 Å². The molecule has 130 valence electrons. The van der Waals surface area contributed by atoms with Crippen molar-refractivity contribution in [1.82, 2.24) is 19.7 Å². The highest BCUT2D eigenvalue weighted by atomic mass is 32.2. The largest absolute Gasteiger partial charge is 0.350 e. The lowest BCUT2D eigenvalue weighted by Crippen LogP contribution is -2.49. The van der Waals surface area contributed by atoms with Crippen LogP contribution in [0.2, 0.25) is 0 Å². The molecule has 1 aliphatic heterocycles. The van der Waals surface area contributed by atoms with Crippen molar-refractivity contribution in [2.24, 2.45) is 0 Å². The molecule has 1 fully saturated rings. The average molecular weight is 369 g/mol. The molecular weight excluding hydrogens is 350 g/mol. The third-order valence-corrected chi connectivity index (χ3v) is 6.95. The Balaban J connectivity index is 1.73. The molecule has 1 atom stereocenters. The first kappa shape index (κ1) is 17.1. The molecule has 1 saturated heterocycles. The summed E-state index contributed by atoms with van der Waals surface area (Å²) in [4.78, 5) is 24.5. The summed E-state index contributed by atoms with van der Waals surface area (Å²) in [6.45, 7) is 3.03. The molecule has 10 heteroatoms. The van der Waals surface area contributed by atoms with Gasteiger partial charge in [0.25, 0.3) is 15.6 Å². The highest BCUT2D eigenvalue weighted by molar-refractivity contribution is 7.91. The lowest BCUT2D eigenvalue weighted by Gasteiger charge is -2.32. The van der Waals surface area contributed by atoms with Crippen LogP contribution in [-0.2, 0) is 16.4 Å². The summed E-state index contributed by atoms with van der Waals surface area (Å²) >= 11 is 1.19. The summed E-state index contributed by atoms with van der Waals surface area (Å²) in [5.41, 5.74) is -0.268. The maximum atomic E-state index is 12.5. The number of sulfonamides is 1. The smallest absolute Gasteiger partial charge is 0.290 e. The molecule has 0 bridgehead atoms. The number of aryl methyl sites for hydroxylation is 1. The summed E-state index contributed by atoms with van der Waals surface area (Å²) in [6, 6.07) is -0.266. The zero-order valence-electron chi connectivity index (χ0n) is 13.2. The Morgan fingerprint density at radius 3 is 3.00 bits per heavy atom. The van der Waals surface area contributed by atoms with Crippen molar-refractivity contribution >= 4 is 27.2 Å². The first-order valence-electron chi connectivity index (χ1n) is 7.75. The van der Waals surface area contributed by atoms with E-state index in [-0.39, 0.29) is 15.8 Å². The van der Waals surface area contributed by atoms with Gasteiger partial charge in [-0.25, -0.2) is 23.1 Å². The number of hydrogen-bond donors (Lipinski definition) is 2. The van der Waals surface area contributed by atoms with Gasteiger partial charge in [-0.2, -0.15) is 0 Å². The molecule has 1 aliphatic rings. The normalized spacial score (nSPS) is 18.7. The zero-order valence-corrected chi connectivity index (χ0v) is 14.9. The first-order valence-corrected chi connectivity index (χ1v) is 10.0. The van der Waals surface area contributed by atoms with Crippen molar-refractivity contribution in [2.75, 3.05) is 18.0 Å². The van der Waals surface area contributed by atoms with Crippen LogP contribution in [0.15, 0.2) is 27.6 Å². The molecule has 2 N–H and O–H groups in total. The van der Waals surface area contributed by atoms with Crippen molar-refractivity contribution in [2.45, 2.75) is 36.4 Å². The van der Waals surface area contributed by atoms with Gasteiger partial charge in [-0.15, -0.1) is 11.3 Å². The van der Waals surface area contributed by atoms with Crippen LogP contribution in [0.25, 0.3) is 0 Å². The molecule has 3 rings (SSSR count). The molecule has 0 saturated carbocycles. The number of anilines is 1. The average Bonchev–Trinajstić information content (AvgIpc) is 3.05. The third-order valence-electron chi connectivity index (χ3n) is 3.83. The van der Waals surface area contributed by atoms with Crippen molar-refractivity contribution < 1.29 is 8.42 Å². The van der Waals surface area contributed by atoms with E-state index in [1.807, 2.05) is 11.8 Å². The molecule has 2 aromatic rings. The van der Waals surface area contributed by atoms with E-state index in [2.05, 4.69) is 19.7 Å². The molecule has 3 heterocycles. The lowest BCUT2D eigenvalue weighted by molar-refractivity contribution is 0.463.